The van der Waals surface area contributed by atoms with Crippen molar-refractivity contribution < 1.29 is 19.7 Å². The van der Waals surface area contributed by atoms with Gasteiger partial charge in [0.05, 0.1) is 18.2 Å². The van der Waals surface area contributed by atoms with Crippen LogP contribution in [0.25, 0.3) is 0 Å². The van der Waals surface area contributed by atoms with Gasteiger partial charge in [-0.1, -0.05) is 24.3 Å². The number of carbonyl (C=O) groups excluding carboxylic acids is 1. The van der Waals surface area contributed by atoms with Crippen molar-refractivity contribution in [2.45, 2.75) is 38.5 Å². The fourth-order valence-electron chi connectivity index (χ4n) is 4.27. The summed E-state index contributed by atoms with van der Waals surface area (Å²) in [6.45, 7) is 6.64. The van der Waals surface area contributed by atoms with Gasteiger partial charge in [0.2, 0.25) is 0 Å². The van der Waals surface area contributed by atoms with E-state index in [1.165, 1.54) is 23.3 Å². The topological polar surface area (TPSA) is 73.2 Å². The van der Waals surface area contributed by atoms with Crippen LogP contribution in [-0.2, 0) is 13.0 Å². The second-order valence-corrected chi connectivity index (χ2v) is 8.64. The van der Waals surface area contributed by atoms with E-state index in [9.17, 15) is 15.0 Å². The van der Waals surface area contributed by atoms with E-state index in [2.05, 4.69) is 23.1 Å². The lowest BCUT2D eigenvalue weighted by molar-refractivity contribution is 0.0287. The maximum Gasteiger partial charge on any atom is 0.257 e. The summed E-state index contributed by atoms with van der Waals surface area (Å²) in [6.07, 6.45) is 0.321. The van der Waals surface area contributed by atoms with Crippen molar-refractivity contribution in [3.63, 3.8) is 0 Å². The molecule has 0 radical (unpaired) electrons. The Morgan fingerprint density at radius 1 is 1.14 bits per heavy atom. The fourth-order valence-corrected chi connectivity index (χ4v) is 4.27. The Hall–Kier alpha value is -2.57. The number of hydrogen-bond acceptors (Lipinski definition) is 5. The zero-order chi connectivity index (χ0) is 20.6. The first-order valence-electron chi connectivity index (χ1n) is 10.1. The van der Waals surface area contributed by atoms with Gasteiger partial charge in [0.1, 0.15) is 17.1 Å². The van der Waals surface area contributed by atoms with Crippen LogP contribution in [-0.4, -0.2) is 63.8 Å². The number of aliphatic hydroxyl groups is 1. The summed E-state index contributed by atoms with van der Waals surface area (Å²) >= 11 is 0. The molecule has 0 aliphatic carbocycles. The van der Waals surface area contributed by atoms with Gasteiger partial charge in [-0.2, -0.15) is 0 Å². The highest BCUT2D eigenvalue weighted by molar-refractivity contribution is 5.97. The highest BCUT2D eigenvalue weighted by Crippen LogP contribution is 2.32. The molecule has 0 spiro atoms. The minimum Gasteiger partial charge on any atom is -0.508 e. The Balaban J connectivity index is 1.45. The third kappa shape index (κ3) is 4.38. The van der Waals surface area contributed by atoms with Gasteiger partial charge < -0.3 is 19.8 Å². The molecule has 154 valence electrons. The summed E-state index contributed by atoms with van der Waals surface area (Å²) in [7, 11) is 0. The minimum atomic E-state index is -0.654. The van der Waals surface area contributed by atoms with Crippen molar-refractivity contribution in [2.75, 3.05) is 26.2 Å². The lowest BCUT2D eigenvalue weighted by atomic mass is 9.99. The fraction of sp³-hybridized carbons (Fsp3) is 0.435. The number of fused-ring (bicyclic) bond motifs is 2. The first-order valence-corrected chi connectivity index (χ1v) is 10.1. The number of nitrogens with zero attached hydrogens (tertiary/aromatic N) is 2. The Morgan fingerprint density at radius 2 is 1.90 bits per heavy atom. The number of amides is 1. The molecule has 6 nitrogen and oxygen atoms in total. The molecular formula is C23H28N2O4. The van der Waals surface area contributed by atoms with Crippen LogP contribution >= 0.6 is 0 Å². The summed E-state index contributed by atoms with van der Waals surface area (Å²) in [5.74, 6) is 0.254. The van der Waals surface area contributed by atoms with Gasteiger partial charge in [-0.25, -0.2) is 0 Å². The van der Waals surface area contributed by atoms with Gasteiger partial charge >= 0.3 is 0 Å². The highest BCUT2D eigenvalue weighted by Gasteiger charge is 2.35. The van der Waals surface area contributed by atoms with Crippen molar-refractivity contribution in [2.24, 2.45) is 0 Å². The molecule has 2 N–H and O–H groups in total. The number of benzene rings is 2. The third-order valence-corrected chi connectivity index (χ3v) is 5.55. The predicted molar refractivity (Wildman–Crippen MR) is 110 cm³/mol. The third-order valence-electron chi connectivity index (χ3n) is 5.55. The van der Waals surface area contributed by atoms with Crippen molar-refractivity contribution >= 4 is 5.91 Å². The Bertz CT molecular complexity index is 912. The number of aromatic hydroxyl groups is 1. The standard InChI is InChI=1S/C23H28N2O4/c1-23(2)15-25(22(28)20-8-7-18(26)11-21(20)29-23)14-19(27)13-24-10-9-16-5-3-4-6-17(16)12-24/h3-8,11,19,26-27H,9-10,12-15H2,1-2H3/t19-/m1/s1. The van der Waals surface area contributed by atoms with Crippen molar-refractivity contribution in [1.29, 1.82) is 0 Å². The molecule has 2 aromatic carbocycles. The molecule has 0 saturated carbocycles. The summed E-state index contributed by atoms with van der Waals surface area (Å²) in [6, 6.07) is 12.9. The average molecular weight is 396 g/mol. The van der Waals surface area contributed by atoms with Gasteiger partial charge in [-0.05, 0) is 43.5 Å². The number of hydrogen-bond donors (Lipinski definition) is 2. The monoisotopic (exact) mass is 396 g/mol. The number of ether oxygens (including phenoxy) is 1. The molecule has 2 aliphatic rings. The summed E-state index contributed by atoms with van der Waals surface area (Å²) < 4.78 is 5.98. The molecule has 0 aromatic heterocycles. The lowest BCUT2D eigenvalue weighted by Gasteiger charge is -2.33. The largest absolute Gasteiger partial charge is 0.508 e. The van der Waals surface area contributed by atoms with E-state index >= 15 is 0 Å². The van der Waals surface area contributed by atoms with Crippen LogP contribution in [0, 0.1) is 0 Å². The number of aliphatic hydroxyl groups excluding tert-OH is 1. The molecule has 2 aromatic rings. The van der Waals surface area contributed by atoms with E-state index < -0.39 is 11.7 Å². The van der Waals surface area contributed by atoms with Crippen LogP contribution in [0.15, 0.2) is 42.5 Å². The first-order chi connectivity index (χ1) is 13.8. The Kier molecular flexibility index (Phi) is 5.23. The van der Waals surface area contributed by atoms with Crippen LogP contribution < -0.4 is 4.74 Å². The summed E-state index contributed by atoms with van der Waals surface area (Å²) in [4.78, 5) is 17.0. The summed E-state index contributed by atoms with van der Waals surface area (Å²) in [5, 5.41) is 20.5. The first kappa shape index (κ1) is 19.7. The van der Waals surface area contributed by atoms with Gasteiger partial charge in [0.25, 0.3) is 5.91 Å². The molecule has 2 heterocycles. The van der Waals surface area contributed by atoms with E-state index in [4.69, 9.17) is 4.74 Å². The van der Waals surface area contributed by atoms with Crippen LogP contribution in [0.3, 0.4) is 0 Å². The molecular weight excluding hydrogens is 368 g/mol. The Morgan fingerprint density at radius 3 is 2.69 bits per heavy atom. The number of rotatable bonds is 4. The SMILES string of the molecule is CC1(C)CN(C[C@H](O)CN2CCc3ccccc3C2)C(=O)c2ccc(O)cc2O1. The zero-order valence-corrected chi connectivity index (χ0v) is 17.0. The molecule has 4 rings (SSSR count). The van der Waals surface area contributed by atoms with Crippen LogP contribution in [0.1, 0.15) is 35.3 Å². The smallest absolute Gasteiger partial charge is 0.257 e. The maximum absolute atomic E-state index is 13.1. The molecule has 6 heteroatoms. The van der Waals surface area contributed by atoms with Crippen LogP contribution in [0.2, 0.25) is 0 Å². The van der Waals surface area contributed by atoms with Gasteiger partial charge in [-0.3, -0.25) is 9.69 Å². The zero-order valence-electron chi connectivity index (χ0n) is 17.0. The number of carbonyl (C=O) groups is 1. The van der Waals surface area contributed by atoms with E-state index in [-0.39, 0.29) is 18.2 Å². The number of phenols is 1. The molecule has 0 unspecified atom stereocenters. The molecule has 29 heavy (non-hydrogen) atoms. The minimum absolute atomic E-state index is 0.0613. The van der Waals surface area contributed by atoms with Gasteiger partial charge in [0.15, 0.2) is 0 Å². The second kappa shape index (κ2) is 7.69. The van der Waals surface area contributed by atoms with Crippen molar-refractivity contribution in [3.8, 4) is 11.5 Å². The van der Waals surface area contributed by atoms with E-state index in [0.717, 1.165) is 19.5 Å². The van der Waals surface area contributed by atoms with Gasteiger partial charge in [0, 0.05) is 32.2 Å². The Labute approximate surface area is 171 Å². The van der Waals surface area contributed by atoms with Crippen LogP contribution in [0.4, 0.5) is 0 Å². The molecule has 1 amide bonds. The normalized spacial score (nSPS) is 19.7. The second-order valence-electron chi connectivity index (χ2n) is 8.64. The van der Waals surface area contributed by atoms with Gasteiger partial charge in [-0.15, -0.1) is 0 Å². The summed E-state index contributed by atoms with van der Waals surface area (Å²) in [5.41, 5.74) is 2.46. The van der Waals surface area contributed by atoms with E-state index in [1.807, 2.05) is 19.9 Å². The highest BCUT2D eigenvalue weighted by atomic mass is 16.5. The molecule has 1 atom stereocenters. The number of phenolic OH excluding ortho intramolecular Hbond substituents is 1. The maximum atomic E-state index is 13.1. The molecule has 0 fully saturated rings. The molecule has 2 aliphatic heterocycles. The van der Waals surface area contributed by atoms with E-state index in [1.54, 1.807) is 11.0 Å². The molecule has 0 bridgehead atoms. The van der Waals surface area contributed by atoms with Crippen molar-refractivity contribution in [1.82, 2.24) is 9.80 Å². The quantitative estimate of drug-likeness (QED) is 0.830. The average Bonchev–Trinajstić information content (AvgIpc) is 2.75. The molecule has 0 saturated heterocycles. The van der Waals surface area contributed by atoms with E-state index in [0.29, 0.717) is 24.4 Å². The van der Waals surface area contributed by atoms with Crippen molar-refractivity contribution in [3.05, 3.63) is 59.2 Å². The van der Waals surface area contributed by atoms with Crippen LogP contribution in [0.5, 0.6) is 11.5 Å². The predicted octanol–water partition coefficient (Wildman–Crippen LogP) is 2.42. The lowest BCUT2D eigenvalue weighted by Crippen LogP contribution is -2.48. The number of β-amino-alcohol motifs (C(OH)–C–C–N with tert-alkyl or cyclic N) is 1.